The Bertz CT molecular complexity index is 1390. The zero-order valence-corrected chi connectivity index (χ0v) is 17.6. The standard InChI is InChI=1S/C23H15F3O5S/c1-12-7-13(2)9-14(8-12)18-10-15(31-32(29,30)23(24,25)26)11-19-20(18)22(28)17-6-4-3-5-16(17)21(19)27/h3-11H,1-2H3. The molecule has 164 valence electrons. The molecule has 0 radical (unpaired) electrons. The van der Waals surface area contributed by atoms with Crippen LogP contribution in [-0.2, 0) is 10.1 Å². The van der Waals surface area contributed by atoms with Crippen molar-refractivity contribution >= 4 is 21.7 Å². The molecule has 0 saturated carbocycles. The number of carbonyl (C=O) groups excluding carboxylic acids is 2. The maximum Gasteiger partial charge on any atom is 0.534 e. The molecule has 0 bridgehead atoms. The third-order valence-electron chi connectivity index (χ3n) is 5.02. The highest BCUT2D eigenvalue weighted by Gasteiger charge is 2.49. The number of fused-ring (bicyclic) bond motifs is 2. The van der Waals surface area contributed by atoms with Crippen molar-refractivity contribution in [1.82, 2.24) is 0 Å². The summed E-state index contributed by atoms with van der Waals surface area (Å²) >= 11 is 0. The molecule has 32 heavy (non-hydrogen) atoms. The molecule has 0 atom stereocenters. The lowest BCUT2D eigenvalue weighted by molar-refractivity contribution is -0.0500. The number of aryl methyl sites for hydroxylation is 2. The van der Waals surface area contributed by atoms with Crippen LogP contribution in [0, 0.1) is 13.8 Å². The van der Waals surface area contributed by atoms with Crippen molar-refractivity contribution in [2.45, 2.75) is 19.4 Å². The first-order valence-electron chi connectivity index (χ1n) is 9.35. The Morgan fingerprint density at radius 3 is 1.84 bits per heavy atom. The molecule has 4 rings (SSSR count). The van der Waals surface area contributed by atoms with Gasteiger partial charge in [-0.25, -0.2) is 0 Å². The Labute approximate surface area is 181 Å². The summed E-state index contributed by atoms with van der Waals surface area (Å²) in [4.78, 5) is 26.4. The van der Waals surface area contributed by atoms with Crippen LogP contribution in [0.3, 0.4) is 0 Å². The highest BCUT2D eigenvalue weighted by Crippen LogP contribution is 2.39. The fourth-order valence-electron chi connectivity index (χ4n) is 3.78. The molecule has 1 aliphatic carbocycles. The summed E-state index contributed by atoms with van der Waals surface area (Å²) in [6.45, 7) is 3.58. The van der Waals surface area contributed by atoms with E-state index in [1.807, 2.05) is 6.07 Å². The highest BCUT2D eigenvalue weighted by atomic mass is 32.2. The van der Waals surface area contributed by atoms with E-state index in [1.54, 1.807) is 38.1 Å². The lowest BCUT2D eigenvalue weighted by Crippen LogP contribution is -2.28. The van der Waals surface area contributed by atoms with Gasteiger partial charge in [0.1, 0.15) is 5.75 Å². The zero-order chi connectivity index (χ0) is 23.4. The third kappa shape index (κ3) is 3.58. The van der Waals surface area contributed by atoms with Gasteiger partial charge in [0.15, 0.2) is 11.6 Å². The molecule has 0 spiro atoms. The van der Waals surface area contributed by atoms with Crippen LogP contribution >= 0.6 is 0 Å². The molecule has 0 aromatic heterocycles. The summed E-state index contributed by atoms with van der Waals surface area (Å²) in [5, 5.41) is 0. The fourth-order valence-corrected chi connectivity index (χ4v) is 4.22. The number of hydrogen-bond donors (Lipinski definition) is 0. The lowest BCUT2D eigenvalue weighted by atomic mass is 9.80. The van der Waals surface area contributed by atoms with Crippen molar-refractivity contribution in [3.05, 3.63) is 88.0 Å². The first kappa shape index (κ1) is 21.8. The average molecular weight is 460 g/mol. The van der Waals surface area contributed by atoms with Crippen LogP contribution in [0.25, 0.3) is 11.1 Å². The van der Waals surface area contributed by atoms with Crippen molar-refractivity contribution in [1.29, 1.82) is 0 Å². The summed E-state index contributed by atoms with van der Waals surface area (Å²) in [5.41, 5.74) is -3.51. The van der Waals surface area contributed by atoms with Crippen molar-refractivity contribution in [2.24, 2.45) is 0 Å². The maximum absolute atomic E-state index is 13.3. The van der Waals surface area contributed by atoms with Gasteiger partial charge >= 0.3 is 15.6 Å². The van der Waals surface area contributed by atoms with Crippen molar-refractivity contribution < 1.29 is 35.4 Å². The number of halogens is 3. The minimum absolute atomic E-state index is 0.0181. The quantitative estimate of drug-likeness (QED) is 0.319. The van der Waals surface area contributed by atoms with Gasteiger partial charge in [0.25, 0.3) is 0 Å². The Balaban J connectivity index is 2.02. The molecule has 1 aliphatic rings. The van der Waals surface area contributed by atoms with Crippen LogP contribution in [0.1, 0.15) is 43.0 Å². The van der Waals surface area contributed by atoms with E-state index < -0.39 is 32.9 Å². The summed E-state index contributed by atoms with van der Waals surface area (Å²) < 4.78 is 66.2. The molecule has 0 saturated heterocycles. The maximum atomic E-state index is 13.3. The van der Waals surface area contributed by atoms with E-state index in [4.69, 9.17) is 0 Å². The minimum atomic E-state index is -5.98. The first-order chi connectivity index (χ1) is 14.9. The van der Waals surface area contributed by atoms with Gasteiger partial charge in [0.2, 0.25) is 0 Å². The van der Waals surface area contributed by atoms with E-state index >= 15 is 0 Å². The smallest absolute Gasteiger partial charge is 0.376 e. The van der Waals surface area contributed by atoms with Crippen LogP contribution in [0.4, 0.5) is 13.2 Å². The van der Waals surface area contributed by atoms with Crippen molar-refractivity contribution in [2.75, 3.05) is 0 Å². The fraction of sp³-hybridized carbons (Fsp3) is 0.130. The Kier molecular flexibility index (Phi) is 4.97. The molecule has 9 heteroatoms. The Morgan fingerprint density at radius 1 is 0.750 bits per heavy atom. The van der Waals surface area contributed by atoms with Gasteiger partial charge in [-0.2, -0.15) is 21.6 Å². The molecule has 0 aliphatic heterocycles. The number of alkyl halides is 3. The van der Waals surface area contributed by atoms with E-state index in [0.717, 1.165) is 23.3 Å². The largest absolute Gasteiger partial charge is 0.534 e. The topological polar surface area (TPSA) is 77.5 Å². The minimum Gasteiger partial charge on any atom is -0.376 e. The van der Waals surface area contributed by atoms with E-state index in [9.17, 15) is 31.2 Å². The molecular formula is C23H15F3O5S. The SMILES string of the molecule is Cc1cc(C)cc(-c2cc(OS(=O)(=O)C(F)(F)F)cc3c2C(=O)c2ccccc2C3=O)c1. The van der Waals surface area contributed by atoms with Crippen LogP contribution in [-0.4, -0.2) is 25.5 Å². The molecule has 0 amide bonds. The van der Waals surface area contributed by atoms with Gasteiger partial charge in [-0.3, -0.25) is 9.59 Å². The predicted octanol–water partition coefficient (Wildman–Crippen LogP) is 4.97. The Morgan fingerprint density at radius 2 is 1.28 bits per heavy atom. The molecule has 0 heterocycles. The van der Waals surface area contributed by atoms with E-state index in [-0.39, 0.29) is 27.8 Å². The summed E-state index contributed by atoms with van der Waals surface area (Å²) in [6, 6.07) is 13.2. The molecule has 3 aromatic carbocycles. The van der Waals surface area contributed by atoms with E-state index in [0.29, 0.717) is 5.56 Å². The van der Waals surface area contributed by atoms with Crippen LogP contribution in [0.15, 0.2) is 54.6 Å². The molecule has 3 aromatic rings. The Hall–Kier alpha value is -3.46. The van der Waals surface area contributed by atoms with Gasteiger partial charge in [-0.05, 0) is 37.1 Å². The van der Waals surface area contributed by atoms with Gasteiger partial charge in [0, 0.05) is 22.3 Å². The van der Waals surface area contributed by atoms with Crippen LogP contribution < -0.4 is 4.18 Å². The third-order valence-corrected chi connectivity index (χ3v) is 6.00. The zero-order valence-electron chi connectivity index (χ0n) is 16.8. The number of rotatable bonds is 3. The molecule has 0 N–H and O–H groups in total. The van der Waals surface area contributed by atoms with Crippen molar-refractivity contribution in [3.63, 3.8) is 0 Å². The van der Waals surface area contributed by atoms with Gasteiger partial charge in [0.05, 0.1) is 0 Å². The summed E-state index contributed by atoms with van der Waals surface area (Å²) in [5.74, 6) is -1.82. The normalized spacial score (nSPS) is 13.5. The van der Waals surface area contributed by atoms with Crippen LogP contribution in [0.2, 0.25) is 0 Å². The number of benzene rings is 3. The molecule has 0 unspecified atom stereocenters. The van der Waals surface area contributed by atoms with Gasteiger partial charge in [-0.15, -0.1) is 0 Å². The first-order valence-corrected chi connectivity index (χ1v) is 10.8. The summed E-state index contributed by atoms with van der Waals surface area (Å²) in [6.07, 6.45) is 0. The average Bonchev–Trinajstić information content (AvgIpc) is 2.69. The second-order valence-corrected chi connectivity index (χ2v) is 8.99. The number of hydrogen-bond acceptors (Lipinski definition) is 5. The second kappa shape index (κ2) is 7.30. The number of carbonyl (C=O) groups is 2. The van der Waals surface area contributed by atoms with E-state index in [2.05, 4.69) is 4.18 Å². The second-order valence-electron chi connectivity index (χ2n) is 7.46. The highest BCUT2D eigenvalue weighted by molar-refractivity contribution is 7.88. The molecular weight excluding hydrogens is 445 g/mol. The monoisotopic (exact) mass is 460 g/mol. The predicted molar refractivity (Wildman–Crippen MR) is 110 cm³/mol. The van der Waals surface area contributed by atoms with E-state index in [1.165, 1.54) is 12.1 Å². The van der Waals surface area contributed by atoms with Crippen molar-refractivity contribution in [3.8, 4) is 16.9 Å². The lowest BCUT2D eigenvalue weighted by Gasteiger charge is -2.22. The molecule has 0 fully saturated rings. The van der Waals surface area contributed by atoms with Gasteiger partial charge in [-0.1, -0.05) is 53.6 Å². The molecule has 5 nitrogen and oxygen atoms in total. The van der Waals surface area contributed by atoms with Crippen LogP contribution in [0.5, 0.6) is 5.75 Å². The summed E-state index contributed by atoms with van der Waals surface area (Å²) in [7, 11) is -5.98. The number of ketones is 2. The van der Waals surface area contributed by atoms with Gasteiger partial charge < -0.3 is 4.18 Å².